The van der Waals surface area contributed by atoms with Crippen LogP contribution in [0.2, 0.25) is 0 Å². The third kappa shape index (κ3) is 7.48. The molecule has 2 fully saturated rings. The molecule has 0 aromatic heterocycles. The number of sulfonamides is 1. The van der Waals surface area contributed by atoms with E-state index < -0.39 is 28.0 Å². The Labute approximate surface area is 189 Å². The number of nitrogens with zero attached hydrogens (tertiary/aromatic N) is 1. The van der Waals surface area contributed by atoms with Crippen LogP contribution >= 0.6 is 0 Å². The van der Waals surface area contributed by atoms with Crippen molar-refractivity contribution >= 4 is 15.9 Å². The van der Waals surface area contributed by atoms with E-state index >= 15 is 0 Å². The number of aliphatic hydroxyl groups is 1. The van der Waals surface area contributed by atoms with E-state index in [2.05, 4.69) is 14.9 Å². The van der Waals surface area contributed by atoms with Gasteiger partial charge in [-0.05, 0) is 63.4 Å². The molecule has 10 heteroatoms. The Morgan fingerprint density at radius 1 is 1.22 bits per heavy atom. The van der Waals surface area contributed by atoms with Crippen LogP contribution in [0.1, 0.15) is 44.9 Å². The van der Waals surface area contributed by atoms with Crippen molar-refractivity contribution < 1.29 is 27.4 Å². The number of hydrogen-bond acceptors (Lipinski definition) is 6. The zero-order chi connectivity index (χ0) is 23.0. The number of hydrogen-bond donors (Lipinski definition) is 3. The molecule has 0 spiro atoms. The second kappa shape index (κ2) is 12.0. The Balaban J connectivity index is 1.40. The lowest BCUT2D eigenvalue weighted by atomic mass is 9.98. The van der Waals surface area contributed by atoms with Gasteiger partial charge in [0.25, 0.3) is 0 Å². The van der Waals surface area contributed by atoms with E-state index in [-0.39, 0.29) is 23.5 Å². The van der Waals surface area contributed by atoms with Crippen LogP contribution in [0.4, 0.5) is 4.39 Å². The van der Waals surface area contributed by atoms with Crippen molar-refractivity contribution in [1.82, 2.24) is 14.9 Å². The summed E-state index contributed by atoms with van der Waals surface area (Å²) in [5.74, 6) is -0.615. The minimum Gasteiger partial charge on any atom is -0.394 e. The lowest BCUT2D eigenvalue weighted by Crippen LogP contribution is -2.51. The smallest absolute Gasteiger partial charge is 0.241 e. The fourth-order valence-electron chi connectivity index (χ4n) is 4.28. The molecule has 3 N–H and O–H groups in total. The van der Waals surface area contributed by atoms with Gasteiger partial charge in [-0.2, -0.15) is 0 Å². The van der Waals surface area contributed by atoms with Gasteiger partial charge in [-0.1, -0.05) is 12.5 Å². The quantitative estimate of drug-likeness (QED) is 0.476. The van der Waals surface area contributed by atoms with Gasteiger partial charge in [0.15, 0.2) is 0 Å². The van der Waals surface area contributed by atoms with Crippen molar-refractivity contribution in [3.8, 4) is 0 Å². The molecule has 2 aliphatic rings. The predicted octanol–water partition coefficient (Wildman–Crippen LogP) is 1.39. The molecule has 180 valence electrons. The Hall–Kier alpha value is -1.59. The molecule has 2 saturated heterocycles. The minimum atomic E-state index is -3.93. The lowest BCUT2D eigenvalue weighted by Gasteiger charge is -2.36. The lowest BCUT2D eigenvalue weighted by molar-refractivity contribution is -0.122. The van der Waals surface area contributed by atoms with Crippen molar-refractivity contribution in [2.75, 3.05) is 32.8 Å². The third-order valence-electron chi connectivity index (χ3n) is 6.10. The number of likely N-dealkylation sites (tertiary alicyclic amines) is 1. The van der Waals surface area contributed by atoms with Crippen LogP contribution in [-0.4, -0.2) is 75.4 Å². The van der Waals surface area contributed by atoms with Gasteiger partial charge in [-0.25, -0.2) is 17.5 Å². The fraction of sp³-hybridized carbons (Fsp3) is 0.682. The number of aliphatic hydroxyl groups excluding tert-OH is 1. The van der Waals surface area contributed by atoms with Crippen LogP contribution in [0.25, 0.3) is 0 Å². The van der Waals surface area contributed by atoms with Gasteiger partial charge in [0.2, 0.25) is 15.9 Å². The summed E-state index contributed by atoms with van der Waals surface area (Å²) in [5, 5.41) is 12.6. The SMILES string of the molecule is O=C(CCN1CCCCC1)NCC[C@H]1CC[C@@H](NS(=O)(=O)c2cccc(F)c2)[C@H](CO)O1. The summed E-state index contributed by atoms with van der Waals surface area (Å²) in [6.45, 7) is 3.05. The maximum absolute atomic E-state index is 13.4. The molecule has 0 radical (unpaired) electrons. The van der Waals surface area contributed by atoms with E-state index in [0.717, 1.165) is 25.7 Å². The first-order chi connectivity index (χ1) is 15.4. The molecule has 2 aliphatic heterocycles. The number of ether oxygens (including phenoxy) is 1. The Bertz CT molecular complexity index is 848. The van der Waals surface area contributed by atoms with Crippen LogP contribution in [0.5, 0.6) is 0 Å². The number of benzene rings is 1. The highest BCUT2D eigenvalue weighted by molar-refractivity contribution is 7.89. The van der Waals surface area contributed by atoms with Crippen molar-refractivity contribution in [1.29, 1.82) is 0 Å². The van der Waals surface area contributed by atoms with Gasteiger partial charge in [-0.15, -0.1) is 0 Å². The number of nitrogens with one attached hydrogen (secondary N) is 2. The molecule has 0 aliphatic carbocycles. The zero-order valence-corrected chi connectivity index (χ0v) is 19.2. The number of rotatable bonds is 10. The highest BCUT2D eigenvalue weighted by Gasteiger charge is 2.34. The Morgan fingerprint density at radius 3 is 2.72 bits per heavy atom. The van der Waals surface area contributed by atoms with Gasteiger partial charge in [0.05, 0.1) is 29.8 Å². The molecule has 0 bridgehead atoms. The highest BCUT2D eigenvalue weighted by atomic mass is 32.2. The fourth-order valence-corrected chi connectivity index (χ4v) is 5.61. The van der Waals surface area contributed by atoms with Gasteiger partial charge >= 0.3 is 0 Å². The molecule has 3 atom stereocenters. The summed E-state index contributed by atoms with van der Waals surface area (Å²) < 4.78 is 46.9. The third-order valence-corrected chi connectivity index (χ3v) is 7.59. The average Bonchev–Trinajstić information content (AvgIpc) is 2.79. The molecule has 3 rings (SSSR count). The minimum absolute atomic E-state index is 0.0193. The van der Waals surface area contributed by atoms with Crippen LogP contribution in [-0.2, 0) is 19.6 Å². The first-order valence-corrected chi connectivity index (χ1v) is 12.9. The van der Waals surface area contributed by atoms with Crippen LogP contribution < -0.4 is 10.0 Å². The highest BCUT2D eigenvalue weighted by Crippen LogP contribution is 2.23. The normalized spacial score (nSPS) is 24.9. The van der Waals surface area contributed by atoms with E-state index in [4.69, 9.17) is 4.74 Å². The second-order valence-electron chi connectivity index (χ2n) is 8.53. The molecule has 8 nitrogen and oxygen atoms in total. The second-order valence-corrected chi connectivity index (χ2v) is 10.2. The van der Waals surface area contributed by atoms with E-state index in [9.17, 15) is 22.7 Å². The molecule has 0 unspecified atom stereocenters. The molecule has 1 aromatic carbocycles. The number of amides is 1. The number of halogens is 1. The first kappa shape index (κ1) is 25.0. The molecule has 2 heterocycles. The Morgan fingerprint density at radius 2 is 2.00 bits per heavy atom. The van der Waals surface area contributed by atoms with Gasteiger partial charge < -0.3 is 20.1 Å². The summed E-state index contributed by atoms with van der Waals surface area (Å²) in [5.41, 5.74) is 0. The largest absolute Gasteiger partial charge is 0.394 e. The topological polar surface area (TPSA) is 108 Å². The van der Waals surface area contributed by atoms with Crippen LogP contribution in [0.15, 0.2) is 29.2 Å². The van der Waals surface area contributed by atoms with Gasteiger partial charge in [-0.3, -0.25) is 4.79 Å². The summed E-state index contributed by atoms with van der Waals surface area (Å²) in [6.07, 6.45) is 4.94. The van der Waals surface area contributed by atoms with Crippen molar-refractivity contribution in [2.24, 2.45) is 0 Å². The monoisotopic (exact) mass is 471 g/mol. The van der Waals surface area contributed by atoms with E-state index in [1.165, 1.54) is 37.5 Å². The molecule has 0 saturated carbocycles. The molecular weight excluding hydrogens is 437 g/mol. The maximum atomic E-state index is 13.4. The van der Waals surface area contributed by atoms with Crippen molar-refractivity contribution in [3.05, 3.63) is 30.1 Å². The molecule has 1 aromatic rings. The first-order valence-electron chi connectivity index (χ1n) is 11.4. The number of carbonyl (C=O) groups is 1. The number of carbonyl (C=O) groups excluding carboxylic acids is 1. The van der Waals surface area contributed by atoms with Gasteiger partial charge in [0, 0.05) is 19.5 Å². The van der Waals surface area contributed by atoms with E-state index in [1.54, 1.807) is 0 Å². The van der Waals surface area contributed by atoms with Gasteiger partial charge in [0.1, 0.15) is 5.82 Å². The summed E-state index contributed by atoms with van der Waals surface area (Å²) in [4.78, 5) is 14.3. The van der Waals surface area contributed by atoms with Crippen molar-refractivity contribution in [3.63, 3.8) is 0 Å². The Kier molecular flexibility index (Phi) is 9.42. The predicted molar refractivity (Wildman–Crippen MR) is 118 cm³/mol. The molecule has 32 heavy (non-hydrogen) atoms. The van der Waals surface area contributed by atoms with Crippen LogP contribution in [0.3, 0.4) is 0 Å². The summed E-state index contributed by atoms with van der Waals surface area (Å²) >= 11 is 0. The van der Waals surface area contributed by atoms with Crippen molar-refractivity contribution in [2.45, 2.75) is 68.1 Å². The molecular formula is C22H34FN3O5S. The zero-order valence-electron chi connectivity index (χ0n) is 18.3. The standard InChI is InChI=1S/C22H34FN3O5S/c23-17-5-4-6-19(15-17)32(29,30)25-20-8-7-18(31-21(20)16-27)9-11-24-22(28)10-14-26-12-2-1-3-13-26/h4-6,15,18,20-21,25,27H,1-3,7-14,16H2,(H,24,28)/t18-,20-,21+/m1/s1. The molecule has 1 amide bonds. The summed E-state index contributed by atoms with van der Waals surface area (Å²) in [6, 6.07) is 4.18. The van der Waals surface area contributed by atoms with Crippen LogP contribution in [0, 0.1) is 5.82 Å². The summed E-state index contributed by atoms with van der Waals surface area (Å²) in [7, 11) is -3.93. The maximum Gasteiger partial charge on any atom is 0.241 e. The number of piperidine rings is 1. The average molecular weight is 472 g/mol. The van der Waals surface area contributed by atoms with E-state index in [1.807, 2.05) is 0 Å². The van der Waals surface area contributed by atoms with E-state index in [0.29, 0.717) is 32.2 Å².